The zero-order valence-corrected chi connectivity index (χ0v) is 22.7. The van der Waals surface area contributed by atoms with Gasteiger partial charge in [0.25, 0.3) is 0 Å². The third-order valence-corrected chi connectivity index (χ3v) is 7.56. The molecule has 0 spiro atoms. The molecule has 2 heteroatoms. The van der Waals surface area contributed by atoms with Gasteiger partial charge in [0.2, 0.25) is 0 Å². The Morgan fingerprint density at radius 3 is 1.34 bits per heavy atom. The van der Waals surface area contributed by atoms with Crippen LogP contribution >= 0.6 is 12.4 Å². The monoisotopic (exact) mass is 465 g/mol. The third-order valence-electron chi connectivity index (χ3n) is 7.56. The van der Waals surface area contributed by atoms with Crippen molar-refractivity contribution in [1.82, 2.24) is 0 Å². The van der Waals surface area contributed by atoms with Gasteiger partial charge in [0.15, 0.2) is 0 Å². The lowest BCUT2D eigenvalue weighted by Gasteiger charge is -2.37. The highest BCUT2D eigenvalue weighted by Crippen LogP contribution is 2.36. The largest absolute Gasteiger partial charge is 0.325 e. The number of halogens is 1. The van der Waals surface area contributed by atoms with Crippen molar-refractivity contribution in [2.75, 3.05) is 0 Å². The molecule has 188 valence electrons. The molecule has 0 aliphatic carbocycles. The van der Waals surface area contributed by atoms with E-state index in [9.17, 15) is 0 Å². The summed E-state index contributed by atoms with van der Waals surface area (Å²) in [5.41, 5.74) is 8.22. The Morgan fingerprint density at radius 1 is 0.594 bits per heavy atom. The maximum atomic E-state index is 6.84. The Balaban J connectivity index is 0.00000961. The Bertz CT molecular complexity index is 497. The van der Waals surface area contributed by atoms with Gasteiger partial charge < -0.3 is 5.73 Å². The van der Waals surface area contributed by atoms with Crippen LogP contribution in [-0.2, 0) is 0 Å². The summed E-state index contributed by atoms with van der Waals surface area (Å²) in [6.45, 7) is 6.81. The molecule has 0 saturated heterocycles. The summed E-state index contributed by atoms with van der Waals surface area (Å²) >= 11 is 0. The Hall–Kier alpha value is -0.530. The molecule has 0 fully saturated rings. The molecule has 1 aromatic rings. The molecular formula is C30H56ClN. The zero-order valence-electron chi connectivity index (χ0n) is 21.9. The van der Waals surface area contributed by atoms with E-state index in [1.54, 1.807) is 0 Å². The average Bonchev–Trinajstić information content (AvgIpc) is 2.81. The topological polar surface area (TPSA) is 26.0 Å². The normalized spacial score (nSPS) is 12.5. The average molecular weight is 466 g/mol. The van der Waals surface area contributed by atoms with Crippen molar-refractivity contribution in [2.45, 2.75) is 154 Å². The Kier molecular flexibility index (Phi) is 20.7. The summed E-state index contributed by atoms with van der Waals surface area (Å²) in [7, 11) is 0. The lowest BCUT2D eigenvalue weighted by molar-refractivity contribution is 0.300. The van der Waals surface area contributed by atoms with Gasteiger partial charge in [-0.2, -0.15) is 0 Å². The van der Waals surface area contributed by atoms with Crippen LogP contribution in [0.25, 0.3) is 0 Å². The van der Waals surface area contributed by atoms with Crippen molar-refractivity contribution in [3.8, 4) is 0 Å². The molecule has 1 rings (SSSR count). The second-order valence-electron chi connectivity index (χ2n) is 10.00. The lowest BCUT2D eigenvalue weighted by Crippen LogP contribution is -2.44. The van der Waals surface area contributed by atoms with Crippen molar-refractivity contribution in [3.63, 3.8) is 0 Å². The van der Waals surface area contributed by atoms with Crippen molar-refractivity contribution in [1.29, 1.82) is 0 Å². The van der Waals surface area contributed by atoms with Gasteiger partial charge in [0.05, 0.1) is 0 Å². The summed E-state index contributed by atoms with van der Waals surface area (Å²) in [5.74, 6) is 0.496. The van der Waals surface area contributed by atoms with Crippen LogP contribution in [0.15, 0.2) is 30.3 Å². The number of rotatable bonds is 21. The molecule has 1 aromatic carbocycles. The van der Waals surface area contributed by atoms with E-state index in [-0.39, 0.29) is 17.9 Å². The fraction of sp³-hybridized carbons (Fsp3) is 0.800. The van der Waals surface area contributed by atoms with E-state index in [0.717, 1.165) is 12.8 Å². The van der Waals surface area contributed by atoms with Gasteiger partial charge >= 0.3 is 0 Å². The molecule has 0 heterocycles. The van der Waals surface area contributed by atoms with Crippen LogP contribution in [-0.4, -0.2) is 5.54 Å². The van der Waals surface area contributed by atoms with Crippen LogP contribution in [0.4, 0.5) is 0 Å². The Morgan fingerprint density at radius 2 is 0.969 bits per heavy atom. The smallest absolute Gasteiger partial charge is 0.0218 e. The highest BCUT2D eigenvalue weighted by atomic mass is 35.5. The number of nitrogens with two attached hydrogens (primary N) is 1. The first kappa shape index (κ1) is 31.5. The van der Waals surface area contributed by atoms with Gasteiger partial charge in [-0.3, -0.25) is 0 Å². The molecule has 2 N–H and O–H groups in total. The molecule has 0 aliphatic rings. The summed E-state index contributed by atoms with van der Waals surface area (Å²) < 4.78 is 0. The van der Waals surface area contributed by atoms with Crippen molar-refractivity contribution < 1.29 is 0 Å². The molecule has 0 aliphatic heterocycles. The van der Waals surface area contributed by atoms with Crippen LogP contribution in [0.2, 0.25) is 0 Å². The summed E-state index contributed by atoms with van der Waals surface area (Å²) in [4.78, 5) is 0. The fourth-order valence-corrected chi connectivity index (χ4v) is 5.11. The number of unbranched alkanes of at least 4 members (excludes halogenated alkanes) is 15. The number of benzene rings is 1. The van der Waals surface area contributed by atoms with Crippen LogP contribution < -0.4 is 5.73 Å². The van der Waals surface area contributed by atoms with E-state index in [4.69, 9.17) is 5.73 Å². The van der Waals surface area contributed by atoms with Gasteiger partial charge in [-0.05, 0) is 24.8 Å². The summed E-state index contributed by atoms with van der Waals surface area (Å²) in [6.07, 6.45) is 26.2. The molecule has 0 amide bonds. The van der Waals surface area contributed by atoms with Gasteiger partial charge in [-0.25, -0.2) is 0 Å². The second-order valence-corrected chi connectivity index (χ2v) is 10.00. The van der Waals surface area contributed by atoms with Crippen molar-refractivity contribution >= 4 is 12.4 Å². The number of hydrogen-bond donors (Lipinski definition) is 1. The second kappa shape index (κ2) is 21.0. The maximum Gasteiger partial charge on any atom is 0.0218 e. The highest BCUT2D eigenvalue weighted by molar-refractivity contribution is 5.85. The molecule has 1 atom stereocenters. The highest BCUT2D eigenvalue weighted by Gasteiger charge is 2.32. The van der Waals surface area contributed by atoms with Crippen molar-refractivity contribution in [2.24, 2.45) is 5.73 Å². The predicted octanol–water partition coefficient (Wildman–Crippen LogP) is 10.4. The minimum Gasteiger partial charge on any atom is -0.325 e. The van der Waals surface area contributed by atoms with Gasteiger partial charge in [0, 0.05) is 11.5 Å². The van der Waals surface area contributed by atoms with Crippen LogP contribution in [0.5, 0.6) is 0 Å². The van der Waals surface area contributed by atoms with Crippen LogP contribution in [0.3, 0.4) is 0 Å². The molecule has 0 saturated carbocycles. The van der Waals surface area contributed by atoms with E-state index in [2.05, 4.69) is 51.1 Å². The molecule has 0 aromatic heterocycles. The molecule has 1 unspecified atom stereocenters. The first-order valence-corrected chi connectivity index (χ1v) is 14.0. The first-order chi connectivity index (χ1) is 15.2. The van der Waals surface area contributed by atoms with Crippen LogP contribution in [0, 0.1) is 0 Å². The minimum atomic E-state index is -0.0587. The number of hydrogen-bond acceptors (Lipinski definition) is 1. The third kappa shape index (κ3) is 13.9. The minimum absolute atomic E-state index is 0. The fourth-order valence-electron chi connectivity index (χ4n) is 5.11. The maximum absolute atomic E-state index is 6.84. The molecule has 1 nitrogen and oxygen atoms in total. The van der Waals surface area contributed by atoms with Gasteiger partial charge in [0.1, 0.15) is 0 Å². The van der Waals surface area contributed by atoms with Gasteiger partial charge in [-0.1, -0.05) is 154 Å². The SMILES string of the molecule is CCCCCCCCCCCCCCCCCCC(c1ccccc1)C(N)(CC)CC.Cl. The van der Waals surface area contributed by atoms with E-state index in [1.807, 2.05) is 0 Å². The van der Waals surface area contributed by atoms with Crippen molar-refractivity contribution in [3.05, 3.63) is 35.9 Å². The Labute approximate surface area is 208 Å². The molecule has 0 radical (unpaired) electrons. The van der Waals surface area contributed by atoms with E-state index < -0.39 is 0 Å². The summed E-state index contributed by atoms with van der Waals surface area (Å²) in [5, 5.41) is 0. The lowest BCUT2D eigenvalue weighted by atomic mass is 9.73. The summed E-state index contributed by atoms with van der Waals surface area (Å²) in [6, 6.07) is 11.0. The molecular weight excluding hydrogens is 410 g/mol. The van der Waals surface area contributed by atoms with E-state index >= 15 is 0 Å². The van der Waals surface area contributed by atoms with Crippen LogP contribution in [0.1, 0.15) is 154 Å². The zero-order chi connectivity index (χ0) is 22.6. The van der Waals surface area contributed by atoms with E-state index in [1.165, 1.54) is 115 Å². The molecule has 0 bridgehead atoms. The van der Waals surface area contributed by atoms with E-state index in [0.29, 0.717) is 5.92 Å². The van der Waals surface area contributed by atoms with Gasteiger partial charge in [-0.15, -0.1) is 12.4 Å². The molecule has 32 heavy (non-hydrogen) atoms. The predicted molar refractivity (Wildman–Crippen MR) is 148 cm³/mol. The quantitative estimate of drug-likeness (QED) is 0.179. The first-order valence-electron chi connectivity index (χ1n) is 14.0. The standard InChI is InChI=1S/C30H55N.ClH/c1-4-7-8-9-10-11-12-13-14-15-16-17-18-19-20-24-27-29(30(31,5-2)6-3)28-25-22-21-23-26-28;/h21-23,25-26,29H,4-20,24,27,31H2,1-3H3;1H.